The van der Waals surface area contributed by atoms with E-state index >= 15 is 0 Å². The molecule has 0 heterocycles. The van der Waals surface area contributed by atoms with E-state index in [1.54, 1.807) is 12.1 Å². The highest BCUT2D eigenvalue weighted by molar-refractivity contribution is 9.10. The van der Waals surface area contributed by atoms with E-state index < -0.39 is 11.6 Å². The fourth-order valence-corrected chi connectivity index (χ4v) is 2.32. The molecular weight excluding hydrogens is 320 g/mol. The first-order chi connectivity index (χ1) is 9.38. The van der Waals surface area contributed by atoms with Crippen molar-refractivity contribution in [3.8, 4) is 11.1 Å². The van der Waals surface area contributed by atoms with Crippen LogP contribution in [-0.2, 0) is 10.4 Å². The van der Waals surface area contributed by atoms with Crippen LogP contribution in [0, 0.1) is 0 Å². The topological polar surface area (TPSA) is 57.5 Å². The number of rotatable bonds is 4. The fourth-order valence-electron chi connectivity index (χ4n) is 2.06. The summed E-state index contributed by atoms with van der Waals surface area (Å²) in [6.45, 7) is 1.51. The molecule has 1 unspecified atom stereocenters. The molecule has 0 aliphatic heterocycles. The molecule has 2 N–H and O–H groups in total. The summed E-state index contributed by atoms with van der Waals surface area (Å²) in [5, 5.41) is 19.0. The van der Waals surface area contributed by atoms with Gasteiger partial charge in [0.25, 0.3) is 0 Å². The molecule has 2 aromatic carbocycles. The minimum Gasteiger partial charge on any atom is -0.481 e. The van der Waals surface area contributed by atoms with Crippen LogP contribution in [-0.4, -0.2) is 16.2 Å². The van der Waals surface area contributed by atoms with Gasteiger partial charge in [0.2, 0.25) is 0 Å². The zero-order valence-electron chi connectivity index (χ0n) is 11.0. The number of carboxylic acids is 1. The number of carbonyl (C=O) groups is 1. The zero-order chi connectivity index (χ0) is 14.8. The third-order valence-corrected chi connectivity index (χ3v) is 3.71. The zero-order valence-corrected chi connectivity index (χ0v) is 12.6. The first-order valence-electron chi connectivity index (χ1n) is 6.19. The molecule has 0 spiro atoms. The largest absolute Gasteiger partial charge is 0.481 e. The molecule has 0 saturated heterocycles. The third-order valence-electron chi connectivity index (χ3n) is 3.18. The molecule has 1 atom stereocenters. The molecule has 2 aromatic rings. The van der Waals surface area contributed by atoms with Crippen molar-refractivity contribution >= 4 is 21.9 Å². The van der Waals surface area contributed by atoms with Gasteiger partial charge < -0.3 is 10.2 Å². The third kappa shape index (κ3) is 3.46. The van der Waals surface area contributed by atoms with Gasteiger partial charge in [0.15, 0.2) is 0 Å². The van der Waals surface area contributed by atoms with Gasteiger partial charge in [-0.2, -0.15) is 0 Å². The van der Waals surface area contributed by atoms with Crippen LogP contribution in [0.15, 0.2) is 53.0 Å². The first kappa shape index (κ1) is 14.8. The number of hydrogen-bond donors (Lipinski definition) is 2. The van der Waals surface area contributed by atoms with Gasteiger partial charge in [-0.15, -0.1) is 0 Å². The second-order valence-electron chi connectivity index (χ2n) is 4.93. The lowest BCUT2D eigenvalue weighted by Gasteiger charge is -2.21. The predicted molar refractivity (Wildman–Crippen MR) is 81.4 cm³/mol. The van der Waals surface area contributed by atoms with Crippen LogP contribution in [0.25, 0.3) is 11.1 Å². The summed E-state index contributed by atoms with van der Waals surface area (Å²) in [5.41, 5.74) is 1.33. The highest BCUT2D eigenvalue weighted by atomic mass is 79.9. The number of hydrogen-bond acceptors (Lipinski definition) is 2. The molecule has 104 valence electrons. The van der Waals surface area contributed by atoms with Crippen molar-refractivity contribution in [3.05, 3.63) is 58.6 Å². The van der Waals surface area contributed by atoms with Crippen molar-refractivity contribution in [1.29, 1.82) is 0 Å². The highest BCUT2D eigenvalue weighted by Crippen LogP contribution is 2.28. The fraction of sp³-hybridized carbons (Fsp3) is 0.188. The molecule has 0 amide bonds. The Balaban J connectivity index is 2.26. The summed E-state index contributed by atoms with van der Waals surface area (Å²) in [6, 6.07) is 15.2. The lowest BCUT2D eigenvalue weighted by molar-refractivity contribution is -0.142. The first-order valence-corrected chi connectivity index (χ1v) is 6.98. The Morgan fingerprint density at radius 1 is 1.05 bits per heavy atom. The van der Waals surface area contributed by atoms with Crippen LogP contribution in [0.4, 0.5) is 0 Å². The molecule has 0 aromatic heterocycles. The minimum atomic E-state index is -1.36. The Bertz CT molecular complexity index is 601. The van der Waals surface area contributed by atoms with Crippen LogP contribution in [0.2, 0.25) is 0 Å². The molecular formula is C16H15BrO3. The smallest absolute Gasteiger partial charge is 0.306 e. The molecule has 4 heteroatoms. The van der Waals surface area contributed by atoms with Crippen molar-refractivity contribution in [1.82, 2.24) is 0 Å². The maximum absolute atomic E-state index is 10.7. The van der Waals surface area contributed by atoms with E-state index in [4.69, 9.17) is 5.11 Å². The number of halogens is 1. The Kier molecular flexibility index (Phi) is 4.26. The van der Waals surface area contributed by atoms with Gasteiger partial charge in [-0.3, -0.25) is 4.79 Å². The quantitative estimate of drug-likeness (QED) is 0.894. The minimum absolute atomic E-state index is 0.315. The van der Waals surface area contributed by atoms with Crippen molar-refractivity contribution in [2.24, 2.45) is 0 Å². The number of benzene rings is 2. The summed E-state index contributed by atoms with van der Waals surface area (Å²) in [4.78, 5) is 10.7. The van der Waals surface area contributed by atoms with Crippen LogP contribution in [0.5, 0.6) is 0 Å². The Morgan fingerprint density at radius 3 is 1.95 bits per heavy atom. The van der Waals surface area contributed by atoms with Crippen molar-refractivity contribution in [2.75, 3.05) is 0 Å². The molecule has 0 aliphatic rings. The molecule has 2 rings (SSSR count). The number of aliphatic carboxylic acids is 1. The summed E-state index contributed by atoms with van der Waals surface area (Å²) >= 11 is 3.39. The summed E-state index contributed by atoms with van der Waals surface area (Å²) in [5.74, 6) is -1.02. The Morgan fingerprint density at radius 2 is 1.50 bits per heavy atom. The second-order valence-corrected chi connectivity index (χ2v) is 5.84. The van der Waals surface area contributed by atoms with Gasteiger partial charge in [-0.25, -0.2) is 0 Å². The van der Waals surface area contributed by atoms with Crippen LogP contribution in [0.1, 0.15) is 18.9 Å². The van der Waals surface area contributed by atoms with Crippen molar-refractivity contribution in [3.63, 3.8) is 0 Å². The monoisotopic (exact) mass is 334 g/mol. The molecule has 20 heavy (non-hydrogen) atoms. The number of aliphatic hydroxyl groups is 1. The lowest BCUT2D eigenvalue weighted by Crippen LogP contribution is -2.24. The van der Waals surface area contributed by atoms with Gasteiger partial charge >= 0.3 is 5.97 Å². The Hall–Kier alpha value is -1.65. The number of carboxylic acid groups (broad SMARTS) is 1. The van der Waals surface area contributed by atoms with E-state index in [1.807, 2.05) is 36.4 Å². The van der Waals surface area contributed by atoms with Crippen LogP contribution < -0.4 is 0 Å². The van der Waals surface area contributed by atoms with E-state index in [9.17, 15) is 9.90 Å². The average molecular weight is 335 g/mol. The van der Waals surface area contributed by atoms with Gasteiger partial charge in [-0.1, -0.05) is 52.3 Å². The predicted octanol–water partition coefficient (Wildman–Crippen LogP) is 3.80. The average Bonchev–Trinajstić information content (AvgIpc) is 2.38. The summed E-state index contributed by atoms with van der Waals surface area (Å²) < 4.78 is 1.02. The SMILES string of the molecule is CC(O)(CC(=O)O)c1ccc(-c2ccc(Br)cc2)cc1. The van der Waals surface area contributed by atoms with E-state index in [1.165, 1.54) is 6.92 Å². The maximum Gasteiger partial charge on any atom is 0.306 e. The van der Waals surface area contributed by atoms with E-state index in [-0.39, 0.29) is 6.42 Å². The normalized spacial score (nSPS) is 13.8. The van der Waals surface area contributed by atoms with Gasteiger partial charge in [0.1, 0.15) is 0 Å². The maximum atomic E-state index is 10.7. The highest BCUT2D eigenvalue weighted by Gasteiger charge is 2.26. The molecule has 0 fully saturated rings. The molecule has 0 radical (unpaired) electrons. The summed E-state index contributed by atoms with van der Waals surface area (Å²) in [7, 11) is 0. The van der Waals surface area contributed by atoms with Gasteiger partial charge in [-0.05, 0) is 35.7 Å². The molecule has 0 bridgehead atoms. The van der Waals surface area contributed by atoms with Crippen molar-refractivity contribution < 1.29 is 15.0 Å². The lowest BCUT2D eigenvalue weighted by atomic mass is 9.91. The standard InChI is InChI=1S/C16H15BrO3/c1-16(20,10-15(18)19)13-6-2-11(3-7-13)12-4-8-14(17)9-5-12/h2-9,20H,10H2,1H3,(H,18,19). The van der Waals surface area contributed by atoms with E-state index in [2.05, 4.69) is 15.9 Å². The Labute approximate surface area is 126 Å². The van der Waals surface area contributed by atoms with Gasteiger partial charge in [0.05, 0.1) is 12.0 Å². The van der Waals surface area contributed by atoms with Crippen LogP contribution >= 0.6 is 15.9 Å². The van der Waals surface area contributed by atoms with Crippen molar-refractivity contribution in [2.45, 2.75) is 18.9 Å². The van der Waals surface area contributed by atoms with E-state index in [0.717, 1.165) is 15.6 Å². The molecule has 0 saturated carbocycles. The summed E-state index contributed by atoms with van der Waals surface area (Å²) in [6.07, 6.45) is -0.315. The van der Waals surface area contributed by atoms with Crippen LogP contribution in [0.3, 0.4) is 0 Å². The van der Waals surface area contributed by atoms with Gasteiger partial charge in [0, 0.05) is 4.47 Å². The molecule has 0 aliphatic carbocycles. The van der Waals surface area contributed by atoms with E-state index in [0.29, 0.717) is 5.56 Å². The second kappa shape index (κ2) is 5.77. The molecule has 3 nitrogen and oxygen atoms in total.